The van der Waals surface area contributed by atoms with E-state index in [9.17, 15) is 13.5 Å². The molecule has 1 saturated carbocycles. The SMILES string of the molecule is NS(=O)(=O)OCC1CC(n2nnc3c(NCCc4ccccc4)ncnc32)CC1O. The predicted octanol–water partition coefficient (Wildman–Crippen LogP) is 0.408. The number of nitrogens with two attached hydrogens (primary N) is 1. The molecule has 2 aromatic heterocycles. The maximum atomic E-state index is 11.0. The van der Waals surface area contributed by atoms with Crippen molar-refractivity contribution in [3.05, 3.63) is 42.2 Å². The molecule has 0 aliphatic heterocycles. The van der Waals surface area contributed by atoms with Crippen molar-refractivity contribution >= 4 is 27.3 Å². The van der Waals surface area contributed by atoms with Crippen molar-refractivity contribution in [3.63, 3.8) is 0 Å². The zero-order valence-electron chi connectivity index (χ0n) is 16.1. The molecule has 4 N–H and O–H groups in total. The van der Waals surface area contributed by atoms with Crippen molar-refractivity contribution in [1.82, 2.24) is 25.0 Å². The number of aliphatic hydroxyl groups excluding tert-OH is 1. The monoisotopic (exact) mass is 433 g/mol. The van der Waals surface area contributed by atoms with Crippen LogP contribution in [0.2, 0.25) is 0 Å². The summed E-state index contributed by atoms with van der Waals surface area (Å²) in [7, 11) is -4.05. The number of fused-ring (bicyclic) bond motifs is 1. The first-order chi connectivity index (χ1) is 14.4. The first-order valence-electron chi connectivity index (χ1n) is 9.59. The fourth-order valence-electron chi connectivity index (χ4n) is 3.74. The van der Waals surface area contributed by atoms with E-state index < -0.39 is 16.4 Å². The summed E-state index contributed by atoms with van der Waals surface area (Å²) in [6.45, 7) is 0.502. The highest BCUT2D eigenvalue weighted by atomic mass is 32.2. The summed E-state index contributed by atoms with van der Waals surface area (Å²) in [5.41, 5.74) is 2.31. The van der Waals surface area contributed by atoms with Gasteiger partial charge in [0, 0.05) is 12.5 Å². The second-order valence-corrected chi connectivity index (χ2v) is 8.54. The van der Waals surface area contributed by atoms with Crippen LogP contribution in [-0.4, -0.2) is 57.7 Å². The highest BCUT2D eigenvalue weighted by Gasteiger charge is 2.36. The maximum Gasteiger partial charge on any atom is 0.333 e. The Kier molecular flexibility index (Phi) is 5.90. The molecular weight excluding hydrogens is 410 g/mol. The smallest absolute Gasteiger partial charge is 0.333 e. The average molecular weight is 433 g/mol. The zero-order chi connectivity index (χ0) is 21.1. The number of aromatic nitrogens is 5. The van der Waals surface area contributed by atoms with Crippen LogP contribution in [0.1, 0.15) is 24.4 Å². The highest BCUT2D eigenvalue weighted by Crippen LogP contribution is 2.36. The van der Waals surface area contributed by atoms with E-state index in [4.69, 9.17) is 5.14 Å². The number of anilines is 1. The third-order valence-corrected chi connectivity index (χ3v) is 5.70. The number of nitrogens with one attached hydrogen (secondary N) is 1. The van der Waals surface area contributed by atoms with Gasteiger partial charge in [0.05, 0.1) is 18.8 Å². The molecule has 2 heterocycles. The minimum atomic E-state index is -4.05. The van der Waals surface area contributed by atoms with Crippen LogP contribution in [0.15, 0.2) is 36.7 Å². The average Bonchev–Trinajstić information content (AvgIpc) is 3.30. The molecule has 160 valence electrons. The highest BCUT2D eigenvalue weighted by molar-refractivity contribution is 7.84. The van der Waals surface area contributed by atoms with E-state index in [0.717, 1.165) is 6.42 Å². The van der Waals surface area contributed by atoms with E-state index in [0.29, 0.717) is 36.4 Å². The molecule has 0 saturated heterocycles. The molecule has 11 nitrogen and oxygen atoms in total. The molecule has 0 spiro atoms. The van der Waals surface area contributed by atoms with Crippen LogP contribution in [-0.2, 0) is 20.9 Å². The summed E-state index contributed by atoms with van der Waals surface area (Å²) < 4.78 is 28.3. The van der Waals surface area contributed by atoms with Crippen LogP contribution in [0.25, 0.3) is 11.2 Å². The van der Waals surface area contributed by atoms with Crippen LogP contribution in [0, 0.1) is 5.92 Å². The molecule has 3 unspecified atom stereocenters. The van der Waals surface area contributed by atoms with Crippen molar-refractivity contribution in [2.75, 3.05) is 18.5 Å². The van der Waals surface area contributed by atoms with Crippen LogP contribution in [0.5, 0.6) is 0 Å². The molecule has 30 heavy (non-hydrogen) atoms. The fraction of sp³-hybridized carbons (Fsp3) is 0.444. The minimum absolute atomic E-state index is 0.176. The number of hydrogen-bond acceptors (Lipinski definition) is 9. The fourth-order valence-corrected chi connectivity index (χ4v) is 4.11. The molecule has 1 fully saturated rings. The largest absolute Gasteiger partial charge is 0.393 e. The molecular formula is C18H23N7O4S. The summed E-state index contributed by atoms with van der Waals surface area (Å²) in [6, 6.07) is 9.92. The Bertz CT molecular complexity index is 1110. The standard InChI is InChI=1S/C18H23N7O4S/c19-30(27,28)29-10-13-8-14(9-15(13)26)25-18-16(23-24-25)17(21-11-22-18)20-7-6-12-4-2-1-3-5-12/h1-5,11,13-15,26H,6-10H2,(H2,19,27,28)(H,20,21,22). The zero-order valence-corrected chi connectivity index (χ0v) is 16.9. The number of rotatable bonds is 8. The molecule has 1 aromatic carbocycles. The second kappa shape index (κ2) is 8.60. The van der Waals surface area contributed by atoms with Crippen molar-refractivity contribution in [1.29, 1.82) is 0 Å². The van der Waals surface area contributed by atoms with Crippen LogP contribution < -0.4 is 10.5 Å². The lowest BCUT2D eigenvalue weighted by molar-refractivity contribution is 0.100. The summed E-state index contributed by atoms with van der Waals surface area (Å²) in [5, 5.41) is 26.9. The van der Waals surface area contributed by atoms with Gasteiger partial charge in [0.2, 0.25) is 0 Å². The van der Waals surface area contributed by atoms with E-state index in [1.54, 1.807) is 4.68 Å². The Morgan fingerprint density at radius 2 is 2.03 bits per heavy atom. The Labute approximate surface area is 173 Å². The summed E-state index contributed by atoms with van der Waals surface area (Å²) >= 11 is 0. The van der Waals surface area contributed by atoms with E-state index in [1.165, 1.54) is 11.9 Å². The van der Waals surface area contributed by atoms with Crippen molar-refractivity contribution in [2.24, 2.45) is 11.1 Å². The van der Waals surface area contributed by atoms with Crippen LogP contribution >= 0.6 is 0 Å². The third-order valence-electron chi connectivity index (χ3n) is 5.23. The van der Waals surface area contributed by atoms with Gasteiger partial charge in [0.25, 0.3) is 0 Å². The first-order valence-corrected chi connectivity index (χ1v) is 11.1. The molecule has 12 heteroatoms. The second-order valence-electron chi connectivity index (χ2n) is 7.32. The van der Waals surface area contributed by atoms with Gasteiger partial charge in [-0.25, -0.2) is 19.8 Å². The molecule has 3 aromatic rings. The van der Waals surface area contributed by atoms with Crippen LogP contribution in [0.4, 0.5) is 5.82 Å². The van der Waals surface area contributed by atoms with Gasteiger partial charge in [0.15, 0.2) is 17.0 Å². The topological polar surface area (TPSA) is 158 Å². The molecule has 1 aliphatic carbocycles. The summed E-state index contributed by atoms with van der Waals surface area (Å²) in [5.74, 6) is 0.215. The molecule has 0 bridgehead atoms. The van der Waals surface area contributed by atoms with Gasteiger partial charge < -0.3 is 10.4 Å². The molecule has 0 radical (unpaired) electrons. The van der Waals surface area contributed by atoms with E-state index in [2.05, 4.69) is 41.9 Å². The molecule has 4 rings (SSSR count). The molecule has 3 atom stereocenters. The van der Waals surface area contributed by atoms with Gasteiger partial charge in [-0.3, -0.25) is 4.18 Å². The quantitative estimate of drug-likeness (QED) is 0.457. The van der Waals surface area contributed by atoms with Gasteiger partial charge in [0.1, 0.15) is 6.33 Å². The first kappa shape index (κ1) is 20.6. The van der Waals surface area contributed by atoms with E-state index in [1.807, 2.05) is 18.2 Å². The van der Waals surface area contributed by atoms with Gasteiger partial charge in [-0.2, -0.15) is 8.42 Å². The van der Waals surface area contributed by atoms with Crippen molar-refractivity contribution < 1.29 is 17.7 Å². The van der Waals surface area contributed by atoms with Gasteiger partial charge in [-0.05, 0) is 24.8 Å². The Morgan fingerprint density at radius 3 is 2.80 bits per heavy atom. The number of hydrogen-bond donors (Lipinski definition) is 3. The Balaban J connectivity index is 1.45. The normalized spacial score (nSPS) is 21.9. The predicted molar refractivity (Wildman–Crippen MR) is 109 cm³/mol. The number of benzene rings is 1. The van der Waals surface area contributed by atoms with E-state index >= 15 is 0 Å². The van der Waals surface area contributed by atoms with Gasteiger partial charge >= 0.3 is 10.3 Å². The minimum Gasteiger partial charge on any atom is -0.393 e. The van der Waals surface area contributed by atoms with Gasteiger partial charge in [-0.15, -0.1) is 5.10 Å². The third kappa shape index (κ3) is 4.73. The van der Waals surface area contributed by atoms with E-state index in [-0.39, 0.29) is 18.6 Å². The molecule has 1 aliphatic rings. The lowest BCUT2D eigenvalue weighted by atomic mass is 10.1. The van der Waals surface area contributed by atoms with Gasteiger partial charge in [-0.1, -0.05) is 35.5 Å². The summed E-state index contributed by atoms with van der Waals surface area (Å²) in [4.78, 5) is 8.58. The lowest BCUT2D eigenvalue weighted by Crippen LogP contribution is -2.24. The number of nitrogens with zero attached hydrogens (tertiary/aromatic N) is 5. The number of aliphatic hydroxyl groups is 1. The van der Waals surface area contributed by atoms with Crippen LogP contribution in [0.3, 0.4) is 0 Å². The Morgan fingerprint density at radius 1 is 1.23 bits per heavy atom. The molecule has 0 amide bonds. The summed E-state index contributed by atoms with van der Waals surface area (Å²) in [6.07, 6.45) is 2.40. The van der Waals surface area contributed by atoms with Crippen molar-refractivity contribution in [3.8, 4) is 0 Å². The van der Waals surface area contributed by atoms with Crippen molar-refractivity contribution in [2.45, 2.75) is 31.4 Å². The lowest BCUT2D eigenvalue weighted by Gasteiger charge is -2.12. The maximum absolute atomic E-state index is 11.0. The Hall–Kier alpha value is -2.67.